The zero-order valence-electron chi connectivity index (χ0n) is 14.5. The molecule has 0 amide bonds. The summed E-state index contributed by atoms with van der Waals surface area (Å²) in [6, 6.07) is 16.2. The Hall–Kier alpha value is -3.02. The number of aromatic carboxylic acids is 1. The average Bonchev–Trinajstić information content (AvgIpc) is 3.27. The molecule has 7 heteroatoms. The summed E-state index contributed by atoms with van der Waals surface area (Å²) >= 11 is 12.1. The van der Waals surface area contributed by atoms with Crippen LogP contribution in [0.15, 0.2) is 70.2 Å². The van der Waals surface area contributed by atoms with Gasteiger partial charge in [-0.1, -0.05) is 41.4 Å². The minimum absolute atomic E-state index is 0.0781. The van der Waals surface area contributed by atoms with E-state index in [4.69, 9.17) is 32.7 Å². The summed E-state index contributed by atoms with van der Waals surface area (Å²) in [7, 11) is 0. The number of fused-ring (bicyclic) bond motifs is 1. The number of nitrogens with zero attached hydrogens (tertiary/aromatic N) is 2. The molecule has 2 aromatic heterocycles. The Morgan fingerprint density at radius 2 is 1.96 bits per heavy atom. The molecule has 0 fully saturated rings. The predicted octanol–water partition coefficient (Wildman–Crippen LogP) is 6.04. The Kier molecular flexibility index (Phi) is 4.94. The molecule has 0 atom stereocenters. The molecule has 0 saturated carbocycles. The molecule has 1 N–H and O–H groups in total. The van der Waals surface area contributed by atoms with E-state index in [-0.39, 0.29) is 5.76 Å². The largest absolute Gasteiger partial charge is 0.475 e. The first-order valence-corrected chi connectivity index (χ1v) is 9.16. The third-order valence-corrected chi connectivity index (χ3v) is 4.81. The van der Waals surface area contributed by atoms with Crippen LogP contribution in [0.1, 0.15) is 21.9 Å². The number of para-hydroxylation sites is 1. The molecule has 0 aliphatic rings. The molecule has 0 bridgehead atoms. The summed E-state index contributed by atoms with van der Waals surface area (Å²) < 4.78 is 7.37. The summed E-state index contributed by atoms with van der Waals surface area (Å²) in [5.41, 5.74) is 2.52. The highest BCUT2D eigenvalue weighted by Gasteiger charge is 2.12. The van der Waals surface area contributed by atoms with Gasteiger partial charge in [0.25, 0.3) is 0 Å². The number of aromatic nitrogens is 1. The lowest BCUT2D eigenvalue weighted by Crippen LogP contribution is -1.97. The zero-order valence-corrected chi connectivity index (χ0v) is 16.0. The molecule has 28 heavy (non-hydrogen) atoms. The fourth-order valence-corrected chi connectivity index (χ4v) is 3.44. The third kappa shape index (κ3) is 3.67. The van der Waals surface area contributed by atoms with E-state index in [0.717, 1.165) is 16.5 Å². The van der Waals surface area contributed by atoms with Gasteiger partial charge < -0.3 is 14.1 Å². The van der Waals surface area contributed by atoms with Gasteiger partial charge in [0.15, 0.2) is 0 Å². The molecule has 0 aliphatic heterocycles. The topological polar surface area (TPSA) is 67.7 Å². The number of rotatable bonds is 5. The van der Waals surface area contributed by atoms with Gasteiger partial charge in [0.2, 0.25) is 5.76 Å². The van der Waals surface area contributed by atoms with Crippen molar-refractivity contribution in [3.05, 3.63) is 87.9 Å². The van der Waals surface area contributed by atoms with Crippen molar-refractivity contribution in [2.75, 3.05) is 0 Å². The van der Waals surface area contributed by atoms with Crippen molar-refractivity contribution in [1.82, 2.24) is 4.57 Å². The van der Waals surface area contributed by atoms with Gasteiger partial charge in [-0.25, -0.2) is 4.79 Å². The van der Waals surface area contributed by atoms with E-state index in [9.17, 15) is 4.79 Å². The molecule has 0 unspecified atom stereocenters. The molecule has 0 aliphatic carbocycles. The van der Waals surface area contributed by atoms with Crippen molar-refractivity contribution in [2.24, 2.45) is 4.99 Å². The summed E-state index contributed by atoms with van der Waals surface area (Å²) in [5, 5.41) is 11.1. The molecule has 0 spiro atoms. The van der Waals surface area contributed by atoms with E-state index in [2.05, 4.69) is 4.99 Å². The van der Waals surface area contributed by atoms with Crippen LogP contribution in [0.25, 0.3) is 10.9 Å². The number of carboxylic acid groups (broad SMARTS) is 1. The van der Waals surface area contributed by atoms with E-state index in [1.165, 1.54) is 6.07 Å². The molecule has 0 saturated heterocycles. The van der Waals surface area contributed by atoms with Gasteiger partial charge in [0, 0.05) is 33.9 Å². The van der Waals surface area contributed by atoms with Crippen LogP contribution in [0.5, 0.6) is 0 Å². The second-order valence-electron chi connectivity index (χ2n) is 6.15. The highest BCUT2D eigenvalue weighted by molar-refractivity contribution is 6.36. The predicted molar refractivity (Wildman–Crippen MR) is 110 cm³/mol. The van der Waals surface area contributed by atoms with Crippen LogP contribution in [0.4, 0.5) is 5.69 Å². The van der Waals surface area contributed by atoms with E-state index in [1.807, 2.05) is 35.0 Å². The van der Waals surface area contributed by atoms with Crippen LogP contribution in [0, 0.1) is 0 Å². The van der Waals surface area contributed by atoms with Crippen molar-refractivity contribution in [3.8, 4) is 0 Å². The molecule has 4 rings (SSSR count). The molecule has 4 aromatic rings. The van der Waals surface area contributed by atoms with Crippen LogP contribution < -0.4 is 0 Å². The molecular formula is C21H14Cl2N2O3. The van der Waals surface area contributed by atoms with Crippen molar-refractivity contribution >= 4 is 52.0 Å². The number of benzene rings is 2. The lowest BCUT2D eigenvalue weighted by molar-refractivity contribution is 0.0660. The Balaban J connectivity index is 1.69. The van der Waals surface area contributed by atoms with Gasteiger partial charge in [0.1, 0.15) is 5.76 Å². The lowest BCUT2D eigenvalue weighted by Gasteiger charge is -2.02. The Labute approximate surface area is 170 Å². The van der Waals surface area contributed by atoms with Crippen molar-refractivity contribution in [1.29, 1.82) is 0 Å². The van der Waals surface area contributed by atoms with Crippen LogP contribution in [0.2, 0.25) is 10.0 Å². The molecule has 2 heterocycles. The maximum Gasteiger partial charge on any atom is 0.371 e. The maximum absolute atomic E-state index is 11.0. The lowest BCUT2D eigenvalue weighted by atomic mass is 10.2. The van der Waals surface area contributed by atoms with Crippen molar-refractivity contribution in [2.45, 2.75) is 6.54 Å². The molecule has 140 valence electrons. The number of carboxylic acids is 1. The number of aliphatic imine (C=N–C) groups is 1. The quantitative estimate of drug-likeness (QED) is 0.406. The van der Waals surface area contributed by atoms with Crippen molar-refractivity contribution in [3.63, 3.8) is 0 Å². The normalized spacial score (nSPS) is 11.5. The number of hydrogen-bond donors (Lipinski definition) is 1. The first-order valence-electron chi connectivity index (χ1n) is 8.40. The summed E-state index contributed by atoms with van der Waals surface area (Å²) in [4.78, 5) is 15.5. The SMILES string of the molecule is O=C(O)c1ccc(Cn2cc(C=Nc3ccc(Cl)cc3Cl)c3ccccc32)o1. The van der Waals surface area contributed by atoms with Gasteiger partial charge >= 0.3 is 5.97 Å². The maximum atomic E-state index is 11.0. The molecule has 0 radical (unpaired) electrons. The van der Waals surface area contributed by atoms with Gasteiger partial charge in [-0.2, -0.15) is 0 Å². The summed E-state index contributed by atoms with van der Waals surface area (Å²) in [6.07, 6.45) is 3.69. The van der Waals surface area contributed by atoms with E-state index < -0.39 is 5.97 Å². The van der Waals surface area contributed by atoms with Crippen LogP contribution in [-0.2, 0) is 6.54 Å². The summed E-state index contributed by atoms with van der Waals surface area (Å²) in [6.45, 7) is 0.406. The summed E-state index contributed by atoms with van der Waals surface area (Å²) in [5.74, 6) is -0.607. The molecule has 5 nitrogen and oxygen atoms in total. The fraction of sp³-hybridized carbons (Fsp3) is 0.0476. The van der Waals surface area contributed by atoms with Crippen LogP contribution >= 0.6 is 23.2 Å². The fourth-order valence-electron chi connectivity index (χ4n) is 2.98. The highest BCUT2D eigenvalue weighted by Crippen LogP contribution is 2.28. The number of hydrogen-bond acceptors (Lipinski definition) is 3. The standard InChI is InChI=1S/C21H14Cl2N2O3/c22-14-5-7-18(17(23)9-14)24-10-13-11-25(19-4-2-1-3-16(13)19)12-15-6-8-20(28-15)21(26)27/h1-11H,12H2,(H,26,27). The second-order valence-corrected chi connectivity index (χ2v) is 7.00. The van der Waals surface area contributed by atoms with Gasteiger partial charge in [0.05, 0.1) is 17.3 Å². The van der Waals surface area contributed by atoms with Gasteiger partial charge in [-0.3, -0.25) is 4.99 Å². The Morgan fingerprint density at radius 1 is 1.14 bits per heavy atom. The minimum atomic E-state index is -1.09. The number of carbonyl (C=O) groups is 1. The zero-order chi connectivity index (χ0) is 19.7. The number of halogens is 2. The monoisotopic (exact) mass is 412 g/mol. The van der Waals surface area contributed by atoms with E-state index in [1.54, 1.807) is 30.5 Å². The van der Waals surface area contributed by atoms with Gasteiger partial charge in [-0.05, 0) is 36.4 Å². The van der Waals surface area contributed by atoms with Crippen LogP contribution in [0.3, 0.4) is 0 Å². The Morgan fingerprint density at radius 3 is 2.71 bits per heavy atom. The number of furan rings is 1. The van der Waals surface area contributed by atoms with Crippen molar-refractivity contribution < 1.29 is 14.3 Å². The first kappa shape index (κ1) is 18.3. The second kappa shape index (κ2) is 7.54. The Bertz CT molecular complexity index is 1210. The van der Waals surface area contributed by atoms with Crippen LogP contribution in [-0.4, -0.2) is 21.9 Å². The third-order valence-electron chi connectivity index (χ3n) is 4.27. The molecule has 2 aromatic carbocycles. The van der Waals surface area contributed by atoms with Gasteiger partial charge in [-0.15, -0.1) is 0 Å². The minimum Gasteiger partial charge on any atom is -0.475 e. The average molecular weight is 413 g/mol. The van der Waals surface area contributed by atoms with E-state index in [0.29, 0.717) is 28.0 Å². The van der Waals surface area contributed by atoms with E-state index >= 15 is 0 Å². The smallest absolute Gasteiger partial charge is 0.371 e. The first-order chi connectivity index (χ1) is 13.5. The highest BCUT2D eigenvalue weighted by atomic mass is 35.5. The molecular weight excluding hydrogens is 399 g/mol.